The number of benzene rings is 1. The van der Waals surface area contributed by atoms with Crippen molar-refractivity contribution in [1.29, 1.82) is 0 Å². The minimum absolute atomic E-state index is 0.0536. The van der Waals surface area contributed by atoms with E-state index in [-0.39, 0.29) is 10.9 Å². The van der Waals surface area contributed by atoms with Gasteiger partial charge in [-0.2, -0.15) is 5.10 Å². The molecule has 23 heavy (non-hydrogen) atoms. The van der Waals surface area contributed by atoms with Gasteiger partial charge in [0, 0.05) is 24.4 Å². The highest BCUT2D eigenvalue weighted by molar-refractivity contribution is 7.80. The number of aromatic nitrogens is 1. The van der Waals surface area contributed by atoms with Crippen LogP contribution in [-0.4, -0.2) is 34.2 Å². The van der Waals surface area contributed by atoms with Crippen LogP contribution in [0.1, 0.15) is 22.4 Å². The maximum absolute atomic E-state index is 10.5. The van der Waals surface area contributed by atoms with E-state index >= 15 is 0 Å². The molecule has 118 valence electrons. The Morgan fingerprint density at radius 3 is 2.78 bits per heavy atom. The molecule has 2 aromatic rings. The zero-order chi connectivity index (χ0) is 16.8. The molecule has 0 unspecified atom stereocenters. The Bertz CT molecular complexity index is 772. The normalized spacial score (nSPS) is 11.7. The number of phenols is 1. The number of phenolic OH excluding ortho intramolecular Hbond substituents is 1. The van der Waals surface area contributed by atoms with Gasteiger partial charge in [0.2, 0.25) is 0 Å². The van der Waals surface area contributed by atoms with Gasteiger partial charge in [-0.05, 0) is 49.0 Å². The van der Waals surface area contributed by atoms with Gasteiger partial charge in [0.15, 0.2) is 5.11 Å². The van der Waals surface area contributed by atoms with Crippen LogP contribution in [0.2, 0.25) is 0 Å². The first-order valence-electron chi connectivity index (χ1n) is 6.83. The van der Waals surface area contributed by atoms with Gasteiger partial charge in [-0.25, -0.2) is 0 Å². The Balaban J connectivity index is 2.49. The summed E-state index contributed by atoms with van der Waals surface area (Å²) in [6, 6.07) is 9.19. The molecule has 4 N–H and O–H groups in total. The number of hydrogen-bond donors (Lipinski definition) is 3. The van der Waals surface area contributed by atoms with Gasteiger partial charge >= 0.3 is 0 Å². The molecule has 0 saturated heterocycles. The van der Waals surface area contributed by atoms with Crippen molar-refractivity contribution < 1.29 is 5.11 Å². The number of hydrogen-bond acceptors (Lipinski definition) is 5. The lowest BCUT2D eigenvalue weighted by Gasteiger charge is -2.11. The summed E-state index contributed by atoms with van der Waals surface area (Å²) in [5, 5.41) is 14.5. The number of nitrogens with one attached hydrogen (secondary N) is 1. The zero-order valence-electron chi connectivity index (χ0n) is 12.8. The molecule has 6 nitrogen and oxygen atoms in total. The number of hydrazone groups is 1. The summed E-state index contributed by atoms with van der Waals surface area (Å²) in [4.78, 5) is 8.56. The fraction of sp³-hybridized carbons (Fsp3) is 0.125. The lowest BCUT2D eigenvalue weighted by atomic mass is 9.99. The van der Waals surface area contributed by atoms with Crippen LogP contribution >= 0.6 is 12.2 Å². The monoisotopic (exact) mass is 327 g/mol. The fourth-order valence-corrected chi connectivity index (χ4v) is 2.18. The van der Waals surface area contributed by atoms with Crippen LogP contribution in [-0.2, 0) is 0 Å². The van der Waals surface area contributed by atoms with E-state index in [0.717, 1.165) is 5.56 Å². The van der Waals surface area contributed by atoms with Crippen LogP contribution in [0, 0.1) is 6.92 Å². The molecule has 0 bridgehead atoms. The molecule has 1 aromatic heterocycles. The summed E-state index contributed by atoms with van der Waals surface area (Å²) in [6.45, 7) is 1.92. The first-order chi connectivity index (χ1) is 11.0. The molecule has 0 spiro atoms. The summed E-state index contributed by atoms with van der Waals surface area (Å²) >= 11 is 4.68. The molecule has 7 heteroatoms. The van der Waals surface area contributed by atoms with Crippen molar-refractivity contribution >= 4 is 29.3 Å². The summed E-state index contributed by atoms with van der Waals surface area (Å²) in [6.07, 6.45) is 3.14. The van der Waals surface area contributed by atoms with Gasteiger partial charge in [-0.3, -0.25) is 15.4 Å². The summed E-state index contributed by atoms with van der Waals surface area (Å²) in [7, 11) is 1.66. The largest absolute Gasteiger partial charge is 0.507 e. The van der Waals surface area contributed by atoms with Crippen LogP contribution in [0.3, 0.4) is 0 Å². The van der Waals surface area contributed by atoms with Crippen LogP contribution in [0.5, 0.6) is 5.75 Å². The second kappa shape index (κ2) is 7.46. The van der Waals surface area contributed by atoms with Crippen molar-refractivity contribution in [2.75, 3.05) is 7.05 Å². The quantitative estimate of drug-likeness (QED) is 0.451. The molecule has 0 saturated carbocycles. The number of rotatable bonds is 4. The predicted molar refractivity (Wildman–Crippen MR) is 96.2 cm³/mol. The number of aryl methyl sites for hydroxylation is 1. The SMILES string of the molecule is CN=C(c1ccccn1)c1cc(C)cc(C=NNC(N)=S)c1O. The van der Waals surface area contributed by atoms with Crippen molar-refractivity contribution in [2.45, 2.75) is 6.92 Å². The number of aromatic hydroxyl groups is 1. The number of pyridine rings is 1. The molecule has 0 radical (unpaired) electrons. The van der Waals surface area contributed by atoms with Crippen LogP contribution in [0.4, 0.5) is 0 Å². The highest BCUT2D eigenvalue weighted by Gasteiger charge is 2.15. The molecule has 0 atom stereocenters. The van der Waals surface area contributed by atoms with Crippen LogP contribution < -0.4 is 11.2 Å². The lowest BCUT2D eigenvalue weighted by molar-refractivity contribution is 0.473. The van der Waals surface area contributed by atoms with Gasteiger partial charge in [0.05, 0.1) is 17.6 Å². The average molecular weight is 327 g/mol. The maximum Gasteiger partial charge on any atom is 0.184 e. The molecule has 0 amide bonds. The number of nitrogens with zero attached hydrogens (tertiary/aromatic N) is 3. The third kappa shape index (κ3) is 4.10. The van der Waals surface area contributed by atoms with E-state index in [1.807, 2.05) is 31.2 Å². The fourth-order valence-electron chi connectivity index (χ4n) is 2.13. The zero-order valence-corrected chi connectivity index (χ0v) is 13.6. The summed E-state index contributed by atoms with van der Waals surface area (Å²) in [5.41, 5.74) is 11.1. The molecule has 0 fully saturated rings. The molecule has 0 aliphatic rings. The van der Waals surface area contributed by atoms with E-state index in [1.165, 1.54) is 6.21 Å². The van der Waals surface area contributed by atoms with Crippen molar-refractivity contribution in [3.8, 4) is 5.75 Å². The molecule has 1 heterocycles. The molecular formula is C16H17N5OS. The van der Waals surface area contributed by atoms with Crippen LogP contribution in [0.25, 0.3) is 0 Å². The number of aliphatic imine (C=N–C) groups is 1. The Morgan fingerprint density at radius 1 is 1.39 bits per heavy atom. The van der Waals surface area contributed by atoms with E-state index in [4.69, 9.17) is 5.73 Å². The Hall–Kier alpha value is -2.80. The standard InChI is InChI=1S/C16H17N5OS/c1-10-7-11(9-20-21-16(17)23)15(22)12(8-10)14(18-2)13-5-3-4-6-19-13/h3-9,22H,1-2H3,(H3,17,21,23). The van der Waals surface area contributed by atoms with Gasteiger partial charge in [0.1, 0.15) is 5.75 Å². The predicted octanol–water partition coefficient (Wildman–Crippen LogP) is 1.73. The highest BCUT2D eigenvalue weighted by atomic mass is 32.1. The number of thiocarbonyl (C=S) groups is 1. The summed E-state index contributed by atoms with van der Waals surface area (Å²) in [5.74, 6) is 0.0651. The third-order valence-corrected chi connectivity index (χ3v) is 3.14. The van der Waals surface area contributed by atoms with Crippen molar-refractivity contribution in [3.05, 3.63) is 58.9 Å². The van der Waals surface area contributed by atoms with E-state index in [2.05, 4.69) is 32.7 Å². The van der Waals surface area contributed by atoms with Crippen LogP contribution in [0.15, 0.2) is 46.6 Å². The van der Waals surface area contributed by atoms with E-state index in [9.17, 15) is 5.11 Å². The molecule has 0 aliphatic carbocycles. The Kier molecular flexibility index (Phi) is 5.37. The molecule has 2 rings (SSSR count). The summed E-state index contributed by atoms with van der Waals surface area (Å²) < 4.78 is 0. The van der Waals surface area contributed by atoms with E-state index in [1.54, 1.807) is 19.3 Å². The smallest absolute Gasteiger partial charge is 0.184 e. The van der Waals surface area contributed by atoms with Gasteiger partial charge < -0.3 is 10.8 Å². The average Bonchev–Trinajstić information content (AvgIpc) is 2.53. The molecular weight excluding hydrogens is 310 g/mol. The Labute approximate surface area is 139 Å². The molecule has 1 aromatic carbocycles. The number of nitrogens with two attached hydrogens (primary N) is 1. The minimum Gasteiger partial charge on any atom is -0.507 e. The first kappa shape index (κ1) is 16.6. The van der Waals surface area contributed by atoms with Crippen molar-refractivity contribution in [1.82, 2.24) is 10.4 Å². The van der Waals surface area contributed by atoms with Gasteiger partial charge in [-0.1, -0.05) is 6.07 Å². The maximum atomic E-state index is 10.5. The van der Waals surface area contributed by atoms with Gasteiger partial charge in [0.25, 0.3) is 0 Å². The second-order valence-electron chi connectivity index (χ2n) is 4.77. The van der Waals surface area contributed by atoms with E-state index in [0.29, 0.717) is 22.5 Å². The second-order valence-corrected chi connectivity index (χ2v) is 5.21. The van der Waals surface area contributed by atoms with E-state index < -0.39 is 0 Å². The lowest BCUT2D eigenvalue weighted by Crippen LogP contribution is -2.24. The third-order valence-electron chi connectivity index (χ3n) is 3.05. The highest BCUT2D eigenvalue weighted by Crippen LogP contribution is 2.26. The topological polar surface area (TPSA) is 95.9 Å². The molecule has 0 aliphatic heterocycles. The Morgan fingerprint density at radius 2 is 2.17 bits per heavy atom. The van der Waals surface area contributed by atoms with Crippen molar-refractivity contribution in [2.24, 2.45) is 15.8 Å². The van der Waals surface area contributed by atoms with Crippen molar-refractivity contribution in [3.63, 3.8) is 0 Å². The first-order valence-corrected chi connectivity index (χ1v) is 7.24. The van der Waals surface area contributed by atoms with Gasteiger partial charge in [-0.15, -0.1) is 0 Å². The minimum atomic E-state index is 0.0536.